The molecule has 2 atom stereocenters. The highest BCUT2D eigenvalue weighted by Gasteiger charge is 2.39. The number of rotatable bonds is 2. The Balaban J connectivity index is 2.08. The SMILES string of the molecule is CC1CSCC1(O)Cc1cncs1. The number of aliphatic hydroxyl groups is 1. The zero-order valence-corrected chi connectivity index (χ0v) is 9.20. The van der Waals surface area contributed by atoms with E-state index in [1.54, 1.807) is 11.3 Å². The van der Waals surface area contributed by atoms with Crippen molar-refractivity contribution < 1.29 is 5.11 Å². The first-order chi connectivity index (χ1) is 6.21. The molecule has 4 heteroatoms. The first kappa shape index (κ1) is 9.49. The molecule has 0 radical (unpaired) electrons. The molecule has 0 aromatic carbocycles. The summed E-state index contributed by atoms with van der Waals surface area (Å²) in [6.45, 7) is 2.13. The summed E-state index contributed by atoms with van der Waals surface area (Å²) in [6, 6.07) is 0. The van der Waals surface area contributed by atoms with Crippen LogP contribution in [0.3, 0.4) is 0 Å². The predicted octanol–water partition coefficient (Wildman–Crippen LogP) is 1.80. The fourth-order valence-corrected chi connectivity index (χ4v) is 3.80. The lowest BCUT2D eigenvalue weighted by Gasteiger charge is -2.25. The van der Waals surface area contributed by atoms with Crippen LogP contribution in [0.5, 0.6) is 0 Å². The third-order valence-electron chi connectivity index (χ3n) is 2.60. The van der Waals surface area contributed by atoms with Crippen LogP contribution in [0.2, 0.25) is 0 Å². The molecule has 1 aromatic heterocycles. The van der Waals surface area contributed by atoms with Gasteiger partial charge in [0.25, 0.3) is 0 Å². The van der Waals surface area contributed by atoms with Crippen molar-refractivity contribution in [3.8, 4) is 0 Å². The van der Waals surface area contributed by atoms with Gasteiger partial charge in [0.2, 0.25) is 0 Å². The highest BCUT2D eigenvalue weighted by molar-refractivity contribution is 7.99. The number of nitrogens with zero attached hydrogens (tertiary/aromatic N) is 1. The Morgan fingerprint density at radius 3 is 3.15 bits per heavy atom. The summed E-state index contributed by atoms with van der Waals surface area (Å²) in [7, 11) is 0. The third kappa shape index (κ3) is 1.90. The second-order valence-corrected chi connectivity index (χ2v) is 5.67. The Morgan fingerprint density at radius 2 is 2.62 bits per heavy atom. The highest BCUT2D eigenvalue weighted by Crippen LogP contribution is 2.36. The van der Waals surface area contributed by atoms with E-state index in [9.17, 15) is 5.11 Å². The molecular formula is C9H13NOS2. The maximum Gasteiger partial charge on any atom is 0.0819 e. The van der Waals surface area contributed by atoms with Gasteiger partial charge >= 0.3 is 0 Å². The van der Waals surface area contributed by atoms with Gasteiger partial charge in [-0.25, -0.2) is 0 Å². The summed E-state index contributed by atoms with van der Waals surface area (Å²) in [5.74, 6) is 2.35. The van der Waals surface area contributed by atoms with Crippen LogP contribution in [-0.4, -0.2) is 27.2 Å². The lowest BCUT2D eigenvalue weighted by molar-refractivity contribution is 0.0285. The first-order valence-electron chi connectivity index (χ1n) is 4.38. The molecule has 1 fully saturated rings. The van der Waals surface area contributed by atoms with Crippen molar-refractivity contribution in [1.82, 2.24) is 4.98 Å². The van der Waals surface area contributed by atoms with E-state index >= 15 is 0 Å². The fourth-order valence-electron chi connectivity index (χ4n) is 1.57. The average Bonchev–Trinajstić information content (AvgIpc) is 2.65. The molecule has 0 amide bonds. The Bertz CT molecular complexity index is 275. The van der Waals surface area contributed by atoms with Crippen LogP contribution in [0.25, 0.3) is 0 Å². The van der Waals surface area contributed by atoms with Gasteiger partial charge in [0.15, 0.2) is 0 Å². The molecule has 0 spiro atoms. The van der Waals surface area contributed by atoms with Crippen molar-refractivity contribution in [2.45, 2.75) is 18.9 Å². The minimum Gasteiger partial charge on any atom is -0.388 e. The van der Waals surface area contributed by atoms with E-state index in [0.717, 1.165) is 17.9 Å². The van der Waals surface area contributed by atoms with Crippen molar-refractivity contribution in [3.05, 3.63) is 16.6 Å². The molecule has 1 aromatic rings. The van der Waals surface area contributed by atoms with Crippen molar-refractivity contribution in [2.24, 2.45) is 5.92 Å². The Labute approximate surface area is 86.4 Å². The van der Waals surface area contributed by atoms with Gasteiger partial charge in [-0.05, 0) is 11.7 Å². The minimum atomic E-state index is -0.489. The van der Waals surface area contributed by atoms with E-state index in [4.69, 9.17) is 0 Å². The number of hydrogen-bond acceptors (Lipinski definition) is 4. The monoisotopic (exact) mass is 215 g/mol. The van der Waals surface area contributed by atoms with E-state index in [2.05, 4.69) is 11.9 Å². The van der Waals surface area contributed by atoms with Crippen LogP contribution in [0, 0.1) is 5.92 Å². The Kier molecular flexibility index (Phi) is 2.62. The molecule has 13 heavy (non-hydrogen) atoms. The van der Waals surface area contributed by atoms with Gasteiger partial charge in [-0.2, -0.15) is 11.8 Å². The molecular weight excluding hydrogens is 202 g/mol. The highest BCUT2D eigenvalue weighted by atomic mass is 32.2. The van der Waals surface area contributed by atoms with Crippen LogP contribution < -0.4 is 0 Å². The largest absolute Gasteiger partial charge is 0.388 e. The van der Waals surface area contributed by atoms with Gasteiger partial charge in [-0.3, -0.25) is 4.98 Å². The van der Waals surface area contributed by atoms with E-state index in [1.165, 1.54) is 4.88 Å². The van der Waals surface area contributed by atoms with Gasteiger partial charge in [0, 0.05) is 23.2 Å². The molecule has 72 valence electrons. The van der Waals surface area contributed by atoms with Crippen molar-refractivity contribution in [3.63, 3.8) is 0 Å². The standard InChI is InChI=1S/C9H13NOS2/c1-7-4-12-5-9(7,11)2-8-3-10-6-13-8/h3,6-7,11H,2,4-5H2,1H3. The Morgan fingerprint density at radius 1 is 1.77 bits per heavy atom. The third-order valence-corrected chi connectivity index (χ3v) is 4.82. The van der Waals surface area contributed by atoms with E-state index < -0.39 is 5.60 Å². The zero-order chi connectivity index (χ0) is 9.31. The lowest BCUT2D eigenvalue weighted by Crippen LogP contribution is -2.37. The van der Waals surface area contributed by atoms with Gasteiger partial charge < -0.3 is 5.11 Å². The van der Waals surface area contributed by atoms with E-state index in [0.29, 0.717) is 5.92 Å². The smallest absolute Gasteiger partial charge is 0.0819 e. The van der Waals surface area contributed by atoms with Gasteiger partial charge in [0.1, 0.15) is 0 Å². The molecule has 0 aliphatic carbocycles. The van der Waals surface area contributed by atoms with E-state index in [-0.39, 0.29) is 0 Å². The number of aromatic nitrogens is 1. The van der Waals surface area contributed by atoms with Crippen molar-refractivity contribution in [2.75, 3.05) is 11.5 Å². The molecule has 1 aliphatic heterocycles. The summed E-state index contributed by atoms with van der Waals surface area (Å²) in [5, 5.41) is 10.3. The predicted molar refractivity (Wildman–Crippen MR) is 57.3 cm³/mol. The normalized spacial score (nSPS) is 33.8. The summed E-state index contributed by atoms with van der Waals surface area (Å²) in [4.78, 5) is 5.21. The second-order valence-electron chi connectivity index (χ2n) is 3.66. The van der Waals surface area contributed by atoms with Crippen molar-refractivity contribution in [1.29, 1.82) is 0 Å². The maximum absolute atomic E-state index is 10.3. The molecule has 2 rings (SSSR count). The maximum atomic E-state index is 10.3. The molecule has 1 saturated heterocycles. The summed E-state index contributed by atoms with van der Waals surface area (Å²) in [6.07, 6.45) is 2.63. The molecule has 0 bridgehead atoms. The fraction of sp³-hybridized carbons (Fsp3) is 0.667. The quantitative estimate of drug-likeness (QED) is 0.816. The molecule has 2 heterocycles. The molecule has 0 saturated carbocycles. The second kappa shape index (κ2) is 3.59. The molecule has 2 nitrogen and oxygen atoms in total. The molecule has 1 aliphatic rings. The van der Waals surface area contributed by atoms with Gasteiger partial charge in [-0.1, -0.05) is 6.92 Å². The summed E-state index contributed by atoms with van der Waals surface area (Å²) < 4.78 is 0. The topological polar surface area (TPSA) is 33.1 Å². The summed E-state index contributed by atoms with van der Waals surface area (Å²) >= 11 is 3.48. The summed E-state index contributed by atoms with van der Waals surface area (Å²) in [5.41, 5.74) is 1.34. The number of thiazole rings is 1. The van der Waals surface area contributed by atoms with Crippen molar-refractivity contribution >= 4 is 23.1 Å². The van der Waals surface area contributed by atoms with Crippen LogP contribution in [0.4, 0.5) is 0 Å². The molecule has 2 unspecified atom stereocenters. The Hall–Kier alpha value is -0.0600. The number of hydrogen-bond donors (Lipinski definition) is 1. The molecule has 1 N–H and O–H groups in total. The first-order valence-corrected chi connectivity index (χ1v) is 6.42. The van der Waals surface area contributed by atoms with Crippen LogP contribution in [0.1, 0.15) is 11.8 Å². The van der Waals surface area contributed by atoms with E-state index in [1.807, 2.05) is 23.5 Å². The average molecular weight is 215 g/mol. The van der Waals surface area contributed by atoms with Crippen LogP contribution in [0.15, 0.2) is 11.7 Å². The number of thioether (sulfide) groups is 1. The lowest BCUT2D eigenvalue weighted by atomic mass is 9.89. The van der Waals surface area contributed by atoms with Crippen LogP contribution in [-0.2, 0) is 6.42 Å². The zero-order valence-electron chi connectivity index (χ0n) is 7.56. The van der Waals surface area contributed by atoms with Gasteiger partial charge in [-0.15, -0.1) is 11.3 Å². The van der Waals surface area contributed by atoms with Gasteiger partial charge in [0.05, 0.1) is 11.1 Å². The minimum absolute atomic E-state index is 0.402. The van der Waals surface area contributed by atoms with Crippen LogP contribution >= 0.6 is 23.1 Å².